The van der Waals surface area contributed by atoms with Gasteiger partial charge in [0.15, 0.2) is 0 Å². The van der Waals surface area contributed by atoms with Crippen LogP contribution in [0.3, 0.4) is 0 Å². The third-order valence-electron chi connectivity index (χ3n) is 3.33. The molecule has 2 aromatic carbocycles. The van der Waals surface area contributed by atoms with E-state index in [0.29, 0.717) is 0 Å². The summed E-state index contributed by atoms with van der Waals surface area (Å²) in [6.45, 7) is 6.47. The van der Waals surface area contributed by atoms with Gasteiger partial charge < -0.3 is 5.32 Å². The van der Waals surface area contributed by atoms with E-state index in [1.54, 1.807) is 0 Å². The van der Waals surface area contributed by atoms with Crippen molar-refractivity contribution in [3.8, 4) is 0 Å². The summed E-state index contributed by atoms with van der Waals surface area (Å²) >= 11 is 7.08. The fourth-order valence-corrected chi connectivity index (χ4v) is 2.68. The predicted molar refractivity (Wildman–Crippen MR) is 89.8 cm³/mol. The van der Waals surface area contributed by atoms with E-state index in [1.807, 2.05) is 12.1 Å². The van der Waals surface area contributed by atoms with Crippen LogP contribution >= 0.6 is 31.9 Å². The molecule has 1 N–H and O–H groups in total. The van der Waals surface area contributed by atoms with E-state index in [2.05, 4.69) is 82.2 Å². The highest BCUT2D eigenvalue weighted by Gasteiger charge is 2.08. The SMILES string of the molecule is Cc1ccc(C(C)Nc2cc(Br)ccc2Br)cc1C. The second-order valence-electron chi connectivity index (χ2n) is 4.83. The molecule has 0 fully saturated rings. The first kappa shape index (κ1) is 14.6. The van der Waals surface area contributed by atoms with Gasteiger partial charge in [-0.25, -0.2) is 0 Å². The predicted octanol–water partition coefficient (Wildman–Crippen LogP) is 6.00. The van der Waals surface area contributed by atoms with Crippen LogP contribution in [0.15, 0.2) is 45.3 Å². The molecule has 2 rings (SSSR count). The Morgan fingerprint density at radius 1 is 0.947 bits per heavy atom. The highest BCUT2D eigenvalue weighted by Crippen LogP contribution is 2.29. The summed E-state index contributed by atoms with van der Waals surface area (Å²) in [5.41, 5.74) is 5.06. The maximum absolute atomic E-state index is 3.57. The molecule has 3 heteroatoms. The van der Waals surface area contributed by atoms with Crippen LogP contribution < -0.4 is 5.32 Å². The van der Waals surface area contributed by atoms with Gasteiger partial charge in [0.25, 0.3) is 0 Å². The van der Waals surface area contributed by atoms with E-state index < -0.39 is 0 Å². The second kappa shape index (κ2) is 6.10. The Balaban J connectivity index is 2.22. The van der Waals surface area contributed by atoms with Gasteiger partial charge in [0.1, 0.15) is 0 Å². The van der Waals surface area contributed by atoms with Crippen molar-refractivity contribution in [3.63, 3.8) is 0 Å². The molecule has 0 radical (unpaired) electrons. The van der Waals surface area contributed by atoms with Gasteiger partial charge in [0.05, 0.1) is 5.69 Å². The van der Waals surface area contributed by atoms with Crippen molar-refractivity contribution in [2.24, 2.45) is 0 Å². The van der Waals surface area contributed by atoms with Gasteiger partial charge in [-0.2, -0.15) is 0 Å². The minimum Gasteiger partial charge on any atom is -0.378 e. The molecular formula is C16H17Br2N. The molecule has 0 saturated carbocycles. The van der Waals surface area contributed by atoms with Gasteiger partial charge in [0.2, 0.25) is 0 Å². The van der Waals surface area contributed by atoms with E-state index in [-0.39, 0.29) is 6.04 Å². The lowest BCUT2D eigenvalue weighted by Gasteiger charge is -2.18. The first-order valence-corrected chi connectivity index (χ1v) is 7.84. The lowest BCUT2D eigenvalue weighted by Crippen LogP contribution is -2.07. The fraction of sp³-hybridized carbons (Fsp3) is 0.250. The molecule has 1 unspecified atom stereocenters. The Bertz CT molecular complexity index is 593. The van der Waals surface area contributed by atoms with E-state index in [9.17, 15) is 0 Å². The number of anilines is 1. The molecule has 0 saturated heterocycles. The molecule has 19 heavy (non-hydrogen) atoms. The fourth-order valence-electron chi connectivity index (χ4n) is 1.96. The van der Waals surface area contributed by atoms with Crippen LogP contribution in [-0.2, 0) is 0 Å². The van der Waals surface area contributed by atoms with Crippen molar-refractivity contribution in [2.45, 2.75) is 26.8 Å². The van der Waals surface area contributed by atoms with Gasteiger partial charge in [-0.1, -0.05) is 34.1 Å². The molecule has 0 amide bonds. The van der Waals surface area contributed by atoms with E-state index >= 15 is 0 Å². The molecular weight excluding hydrogens is 366 g/mol. The monoisotopic (exact) mass is 381 g/mol. The van der Waals surface area contributed by atoms with E-state index in [4.69, 9.17) is 0 Å². The highest BCUT2D eigenvalue weighted by molar-refractivity contribution is 9.11. The summed E-state index contributed by atoms with van der Waals surface area (Å²) in [6.07, 6.45) is 0. The number of aryl methyl sites for hydroxylation is 2. The largest absolute Gasteiger partial charge is 0.378 e. The standard InChI is InChI=1S/C16H17Br2N/c1-10-4-5-13(8-11(10)2)12(3)19-16-9-14(17)6-7-15(16)18/h4-9,12,19H,1-3H3. The van der Waals surface area contributed by atoms with Gasteiger partial charge in [-0.05, 0) is 71.6 Å². The van der Waals surface area contributed by atoms with Gasteiger partial charge >= 0.3 is 0 Å². The van der Waals surface area contributed by atoms with E-state index in [0.717, 1.165) is 14.6 Å². The third kappa shape index (κ3) is 3.61. The van der Waals surface area contributed by atoms with Crippen molar-refractivity contribution in [1.29, 1.82) is 0 Å². The number of halogens is 2. The smallest absolute Gasteiger partial charge is 0.0500 e. The van der Waals surface area contributed by atoms with Crippen molar-refractivity contribution in [3.05, 3.63) is 62.0 Å². The van der Waals surface area contributed by atoms with Crippen molar-refractivity contribution < 1.29 is 0 Å². The topological polar surface area (TPSA) is 12.0 Å². The minimum atomic E-state index is 0.268. The third-order valence-corrected chi connectivity index (χ3v) is 4.52. The maximum atomic E-state index is 3.57. The summed E-state index contributed by atoms with van der Waals surface area (Å²) < 4.78 is 2.15. The zero-order valence-electron chi connectivity index (χ0n) is 11.3. The Labute approximate surface area is 131 Å². The Morgan fingerprint density at radius 3 is 2.37 bits per heavy atom. The zero-order chi connectivity index (χ0) is 14.0. The highest BCUT2D eigenvalue weighted by atomic mass is 79.9. The number of benzene rings is 2. The van der Waals surface area contributed by atoms with Crippen LogP contribution in [-0.4, -0.2) is 0 Å². The summed E-state index contributed by atoms with van der Waals surface area (Å²) in [7, 11) is 0. The van der Waals surface area contributed by atoms with Gasteiger partial charge in [0, 0.05) is 15.0 Å². The lowest BCUT2D eigenvalue weighted by atomic mass is 10.0. The molecule has 1 atom stereocenters. The molecule has 2 aromatic rings. The maximum Gasteiger partial charge on any atom is 0.0500 e. The van der Waals surface area contributed by atoms with Crippen LogP contribution in [0.2, 0.25) is 0 Å². The normalized spacial score (nSPS) is 12.3. The van der Waals surface area contributed by atoms with Crippen molar-refractivity contribution in [1.82, 2.24) is 0 Å². The summed E-state index contributed by atoms with van der Waals surface area (Å²) in [4.78, 5) is 0. The summed E-state index contributed by atoms with van der Waals surface area (Å²) in [5.74, 6) is 0. The Hall–Kier alpha value is -0.800. The minimum absolute atomic E-state index is 0.268. The molecule has 0 bridgehead atoms. The van der Waals surface area contributed by atoms with Crippen molar-refractivity contribution >= 4 is 37.5 Å². The summed E-state index contributed by atoms with van der Waals surface area (Å²) in [5, 5.41) is 3.54. The molecule has 0 aliphatic carbocycles. The van der Waals surface area contributed by atoms with Crippen LogP contribution in [0, 0.1) is 13.8 Å². The van der Waals surface area contributed by atoms with Crippen LogP contribution in [0.25, 0.3) is 0 Å². The second-order valence-corrected chi connectivity index (χ2v) is 6.60. The number of rotatable bonds is 3. The van der Waals surface area contributed by atoms with Crippen LogP contribution in [0.1, 0.15) is 29.7 Å². The Morgan fingerprint density at radius 2 is 1.68 bits per heavy atom. The number of nitrogens with one attached hydrogen (secondary N) is 1. The summed E-state index contributed by atoms with van der Waals surface area (Å²) in [6, 6.07) is 13.0. The quantitative estimate of drug-likeness (QED) is 0.686. The van der Waals surface area contributed by atoms with Gasteiger partial charge in [-0.3, -0.25) is 0 Å². The number of hydrogen-bond acceptors (Lipinski definition) is 1. The lowest BCUT2D eigenvalue weighted by molar-refractivity contribution is 0.880. The molecule has 0 spiro atoms. The molecule has 1 nitrogen and oxygen atoms in total. The van der Waals surface area contributed by atoms with Crippen LogP contribution in [0.5, 0.6) is 0 Å². The molecule has 0 aromatic heterocycles. The number of hydrogen-bond donors (Lipinski definition) is 1. The van der Waals surface area contributed by atoms with E-state index in [1.165, 1.54) is 16.7 Å². The molecule has 0 aliphatic rings. The first-order chi connectivity index (χ1) is 8.97. The average molecular weight is 383 g/mol. The molecule has 100 valence electrons. The Kier molecular flexibility index (Phi) is 4.69. The molecule has 0 heterocycles. The van der Waals surface area contributed by atoms with Crippen molar-refractivity contribution in [2.75, 3.05) is 5.32 Å². The molecule has 0 aliphatic heterocycles. The average Bonchev–Trinajstić information content (AvgIpc) is 2.37. The van der Waals surface area contributed by atoms with Crippen LogP contribution in [0.4, 0.5) is 5.69 Å². The zero-order valence-corrected chi connectivity index (χ0v) is 14.5. The first-order valence-electron chi connectivity index (χ1n) is 6.26. The van der Waals surface area contributed by atoms with Gasteiger partial charge in [-0.15, -0.1) is 0 Å².